The average Bonchev–Trinajstić information content (AvgIpc) is 2.19. The summed E-state index contributed by atoms with van der Waals surface area (Å²) in [6, 6.07) is 12.7. The number of fused-ring (bicyclic) bond motifs is 1. The van der Waals surface area contributed by atoms with Crippen molar-refractivity contribution in [1.82, 2.24) is 0 Å². The summed E-state index contributed by atoms with van der Waals surface area (Å²) in [6.45, 7) is 2.10. The number of rotatable bonds is 1. The van der Waals surface area contributed by atoms with Crippen LogP contribution in [0.3, 0.4) is 0 Å². The van der Waals surface area contributed by atoms with Crippen molar-refractivity contribution in [1.29, 1.82) is 0 Å². The minimum atomic E-state index is 0.709. The Hall–Kier alpha value is -1.74. The molecule has 0 N–H and O–H groups in total. The number of benzene rings is 2. The highest BCUT2D eigenvalue weighted by molar-refractivity contribution is 5.86. The molecule has 2 rings (SSSR count). The first kappa shape index (κ1) is 8.84. The molecule has 0 nitrogen and oxygen atoms in total. The Balaban J connectivity index is 2.72. The average molecular weight is 180 g/mol. The van der Waals surface area contributed by atoms with Gasteiger partial charge in [0.1, 0.15) is 0 Å². The summed E-state index contributed by atoms with van der Waals surface area (Å²) in [6.07, 6.45) is 6.05. The van der Waals surface area contributed by atoms with Gasteiger partial charge in [-0.1, -0.05) is 42.0 Å². The normalized spacial score (nSPS) is 10.0. The van der Waals surface area contributed by atoms with Gasteiger partial charge in [0.25, 0.3) is 0 Å². The van der Waals surface area contributed by atoms with E-state index in [1.54, 1.807) is 0 Å². The molecule has 0 aliphatic heterocycles. The SMILES string of the molecule is C#CCc1cccc2ccc(C)cc12. The zero-order valence-electron chi connectivity index (χ0n) is 8.25. The molecule has 0 radical (unpaired) electrons. The van der Waals surface area contributed by atoms with Gasteiger partial charge in [-0.05, 0) is 23.3 Å². The van der Waals surface area contributed by atoms with Crippen LogP contribution >= 0.6 is 0 Å². The molecule has 2 aromatic rings. The van der Waals surface area contributed by atoms with Crippen LogP contribution in [-0.2, 0) is 6.42 Å². The minimum Gasteiger partial charge on any atom is -0.120 e. The molecule has 2 aromatic carbocycles. The maximum Gasteiger partial charge on any atom is 0.0343 e. The lowest BCUT2D eigenvalue weighted by atomic mass is 10.0. The predicted molar refractivity (Wildman–Crippen MR) is 61.2 cm³/mol. The van der Waals surface area contributed by atoms with Crippen LogP contribution in [0.25, 0.3) is 10.8 Å². The van der Waals surface area contributed by atoms with E-state index in [0.29, 0.717) is 6.42 Å². The fourth-order valence-corrected chi connectivity index (χ4v) is 1.72. The smallest absolute Gasteiger partial charge is 0.0343 e. The van der Waals surface area contributed by atoms with Gasteiger partial charge in [0.15, 0.2) is 0 Å². The molecule has 0 amide bonds. The van der Waals surface area contributed by atoms with Crippen LogP contribution in [0, 0.1) is 19.3 Å². The maximum atomic E-state index is 5.34. The summed E-state index contributed by atoms with van der Waals surface area (Å²) in [4.78, 5) is 0. The standard InChI is InChI=1S/C14H12/c1-3-5-12-6-4-7-13-9-8-11(2)10-14(12)13/h1,4,6-10H,5H2,2H3. The Morgan fingerprint density at radius 2 is 2.07 bits per heavy atom. The molecule has 0 spiro atoms. The number of terminal acetylenes is 1. The molecule has 0 aromatic heterocycles. The predicted octanol–water partition coefficient (Wildman–Crippen LogP) is 3.32. The van der Waals surface area contributed by atoms with Crippen LogP contribution in [0.1, 0.15) is 11.1 Å². The molecule has 0 fully saturated rings. The monoisotopic (exact) mass is 180 g/mol. The van der Waals surface area contributed by atoms with E-state index >= 15 is 0 Å². The molecular formula is C14H12. The third kappa shape index (κ3) is 1.49. The third-order valence-electron chi connectivity index (χ3n) is 2.42. The van der Waals surface area contributed by atoms with Gasteiger partial charge in [-0.15, -0.1) is 12.3 Å². The molecule has 0 unspecified atom stereocenters. The van der Waals surface area contributed by atoms with E-state index in [1.807, 2.05) is 0 Å². The Morgan fingerprint density at radius 3 is 2.86 bits per heavy atom. The largest absolute Gasteiger partial charge is 0.120 e. The van der Waals surface area contributed by atoms with Gasteiger partial charge >= 0.3 is 0 Å². The van der Waals surface area contributed by atoms with Crippen molar-refractivity contribution in [2.24, 2.45) is 0 Å². The number of aryl methyl sites for hydroxylation is 1. The zero-order chi connectivity index (χ0) is 9.97. The van der Waals surface area contributed by atoms with E-state index in [-0.39, 0.29) is 0 Å². The minimum absolute atomic E-state index is 0.709. The molecular weight excluding hydrogens is 168 g/mol. The van der Waals surface area contributed by atoms with Gasteiger partial charge in [-0.2, -0.15) is 0 Å². The lowest BCUT2D eigenvalue weighted by Crippen LogP contribution is -1.85. The second-order valence-corrected chi connectivity index (χ2v) is 3.52. The van der Waals surface area contributed by atoms with Crippen LogP contribution in [0.5, 0.6) is 0 Å². The van der Waals surface area contributed by atoms with Gasteiger partial charge in [0.2, 0.25) is 0 Å². The van der Waals surface area contributed by atoms with Crippen molar-refractivity contribution in [3.05, 3.63) is 47.5 Å². The molecule has 0 bridgehead atoms. The van der Waals surface area contributed by atoms with E-state index < -0.39 is 0 Å². The number of hydrogen-bond acceptors (Lipinski definition) is 0. The van der Waals surface area contributed by atoms with Gasteiger partial charge in [-0.3, -0.25) is 0 Å². The van der Waals surface area contributed by atoms with Crippen LogP contribution in [0.15, 0.2) is 36.4 Å². The van der Waals surface area contributed by atoms with Crippen molar-refractivity contribution in [2.45, 2.75) is 13.3 Å². The molecule has 14 heavy (non-hydrogen) atoms. The summed E-state index contributed by atoms with van der Waals surface area (Å²) < 4.78 is 0. The molecule has 0 aliphatic rings. The highest BCUT2D eigenvalue weighted by Crippen LogP contribution is 2.20. The van der Waals surface area contributed by atoms with Crippen molar-refractivity contribution < 1.29 is 0 Å². The first-order chi connectivity index (χ1) is 6.81. The van der Waals surface area contributed by atoms with Crippen molar-refractivity contribution in [3.63, 3.8) is 0 Å². The molecule has 0 heterocycles. The van der Waals surface area contributed by atoms with E-state index in [0.717, 1.165) is 0 Å². The van der Waals surface area contributed by atoms with Crippen LogP contribution in [0.2, 0.25) is 0 Å². The van der Waals surface area contributed by atoms with Gasteiger partial charge in [0, 0.05) is 6.42 Å². The molecule has 0 saturated carbocycles. The lowest BCUT2D eigenvalue weighted by molar-refractivity contribution is 1.35. The molecule has 0 saturated heterocycles. The summed E-state index contributed by atoms with van der Waals surface area (Å²) in [5, 5.41) is 2.55. The Kier molecular flexibility index (Phi) is 2.24. The first-order valence-electron chi connectivity index (χ1n) is 4.73. The van der Waals surface area contributed by atoms with Crippen molar-refractivity contribution in [3.8, 4) is 12.3 Å². The topological polar surface area (TPSA) is 0 Å². The van der Waals surface area contributed by atoms with E-state index in [1.165, 1.54) is 21.9 Å². The quantitative estimate of drug-likeness (QED) is 0.590. The molecule has 0 heteroatoms. The molecule has 68 valence electrons. The van der Waals surface area contributed by atoms with Gasteiger partial charge in [-0.25, -0.2) is 0 Å². The fraction of sp³-hybridized carbons (Fsp3) is 0.143. The van der Waals surface area contributed by atoms with E-state index in [9.17, 15) is 0 Å². The van der Waals surface area contributed by atoms with Crippen LogP contribution in [-0.4, -0.2) is 0 Å². The fourth-order valence-electron chi connectivity index (χ4n) is 1.72. The highest BCUT2D eigenvalue weighted by Gasteiger charge is 1.98. The number of hydrogen-bond donors (Lipinski definition) is 0. The van der Waals surface area contributed by atoms with Gasteiger partial charge < -0.3 is 0 Å². The summed E-state index contributed by atoms with van der Waals surface area (Å²) in [5.74, 6) is 2.70. The first-order valence-corrected chi connectivity index (χ1v) is 4.73. The Bertz CT molecular complexity index is 501. The lowest BCUT2D eigenvalue weighted by Gasteiger charge is -2.04. The maximum absolute atomic E-state index is 5.34. The molecule has 0 atom stereocenters. The Labute approximate surface area is 84.6 Å². The summed E-state index contributed by atoms with van der Waals surface area (Å²) in [7, 11) is 0. The highest BCUT2D eigenvalue weighted by atomic mass is 14.0. The summed E-state index contributed by atoms with van der Waals surface area (Å²) >= 11 is 0. The van der Waals surface area contributed by atoms with Crippen LogP contribution < -0.4 is 0 Å². The third-order valence-corrected chi connectivity index (χ3v) is 2.42. The second-order valence-electron chi connectivity index (χ2n) is 3.52. The Morgan fingerprint density at radius 1 is 1.21 bits per heavy atom. The van der Waals surface area contributed by atoms with Crippen molar-refractivity contribution >= 4 is 10.8 Å². The zero-order valence-corrected chi connectivity index (χ0v) is 8.25. The van der Waals surface area contributed by atoms with Crippen molar-refractivity contribution in [2.75, 3.05) is 0 Å². The van der Waals surface area contributed by atoms with E-state index in [4.69, 9.17) is 6.42 Å². The van der Waals surface area contributed by atoms with E-state index in [2.05, 4.69) is 49.2 Å². The second kappa shape index (κ2) is 3.55. The molecule has 0 aliphatic carbocycles. The van der Waals surface area contributed by atoms with Gasteiger partial charge in [0.05, 0.1) is 0 Å². The summed E-state index contributed by atoms with van der Waals surface area (Å²) in [5.41, 5.74) is 2.52. The van der Waals surface area contributed by atoms with Crippen LogP contribution in [0.4, 0.5) is 0 Å².